The van der Waals surface area contributed by atoms with Crippen molar-refractivity contribution < 1.29 is 9.47 Å². The molecule has 0 bridgehead atoms. The molecule has 1 unspecified atom stereocenters. The first-order valence-electron chi connectivity index (χ1n) is 10.3. The molecule has 2 N–H and O–H groups in total. The predicted octanol–water partition coefficient (Wildman–Crippen LogP) is 3.43. The smallest absolute Gasteiger partial charge is 0.191 e. The molecule has 1 aromatic rings. The second-order valence-corrected chi connectivity index (χ2v) is 6.73. The molecule has 1 aromatic carbocycles. The number of nitrogens with one attached hydrogen (secondary N) is 2. The van der Waals surface area contributed by atoms with Gasteiger partial charge in [0.05, 0.1) is 19.7 Å². The van der Waals surface area contributed by atoms with E-state index < -0.39 is 0 Å². The highest BCUT2D eigenvalue weighted by Gasteiger charge is 2.23. The number of guanidine groups is 1. The average molecular weight is 504 g/mol. The first kappa shape index (κ1) is 25.0. The Morgan fingerprint density at radius 3 is 2.46 bits per heavy atom. The van der Waals surface area contributed by atoms with Gasteiger partial charge in [-0.05, 0) is 63.9 Å². The van der Waals surface area contributed by atoms with Crippen LogP contribution < -0.4 is 15.4 Å². The molecule has 0 spiro atoms. The third-order valence-electron chi connectivity index (χ3n) is 4.81. The molecule has 0 radical (unpaired) electrons. The number of hydrogen-bond donors (Lipinski definition) is 2. The van der Waals surface area contributed by atoms with E-state index in [4.69, 9.17) is 14.5 Å². The normalized spacial score (nSPS) is 15.8. The van der Waals surface area contributed by atoms with Crippen molar-refractivity contribution in [2.24, 2.45) is 4.99 Å². The molecule has 1 saturated heterocycles. The minimum atomic E-state index is 0. The largest absolute Gasteiger partial charge is 0.497 e. The summed E-state index contributed by atoms with van der Waals surface area (Å²) in [7, 11) is 1.71. The van der Waals surface area contributed by atoms with E-state index in [9.17, 15) is 0 Å². The molecule has 28 heavy (non-hydrogen) atoms. The third kappa shape index (κ3) is 8.53. The van der Waals surface area contributed by atoms with Crippen LogP contribution in [0.2, 0.25) is 0 Å². The molecule has 0 aliphatic carbocycles. The first-order valence-corrected chi connectivity index (χ1v) is 10.3. The zero-order chi connectivity index (χ0) is 19.3. The molecule has 7 heteroatoms. The summed E-state index contributed by atoms with van der Waals surface area (Å²) >= 11 is 0. The van der Waals surface area contributed by atoms with Gasteiger partial charge < -0.3 is 20.1 Å². The Morgan fingerprint density at radius 2 is 1.86 bits per heavy atom. The van der Waals surface area contributed by atoms with E-state index in [1.165, 1.54) is 18.4 Å². The molecule has 1 aliphatic heterocycles. The molecule has 6 nitrogen and oxygen atoms in total. The fourth-order valence-electron chi connectivity index (χ4n) is 3.36. The Hall–Kier alpha value is -1.06. The van der Waals surface area contributed by atoms with E-state index in [-0.39, 0.29) is 24.0 Å². The highest BCUT2D eigenvalue weighted by molar-refractivity contribution is 14.0. The quantitative estimate of drug-likeness (QED) is 0.209. The van der Waals surface area contributed by atoms with E-state index in [2.05, 4.69) is 34.6 Å². The van der Waals surface area contributed by atoms with Crippen LogP contribution in [0.25, 0.3) is 0 Å². The minimum Gasteiger partial charge on any atom is -0.497 e. The summed E-state index contributed by atoms with van der Waals surface area (Å²) in [6.07, 6.45) is 3.52. The van der Waals surface area contributed by atoms with Gasteiger partial charge in [0.25, 0.3) is 0 Å². The molecular weight excluding hydrogens is 467 g/mol. The number of likely N-dealkylation sites (tertiary alicyclic amines) is 1. The fourth-order valence-corrected chi connectivity index (χ4v) is 3.36. The van der Waals surface area contributed by atoms with E-state index in [0.29, 0.717) is 6.04 Å². The van der Waals surface area contributed by atoms with Crippen molar-refractivity contribution in [1.82, 2.24) is 15.5 Å². The molecular formula is C21H37IN4O2. The maximum Gasteiger partial charge on any atom is 0.191 e. The number of aliphatic imine (C=N–C) groups is 1. The number of methoxy groups -OCH3 is 1. The van der Waals surface area contributed by atoms with Crippen molar-refractivity contribution in [3.05, 3.63) is 29.8 Å². The maximum atomic E-state index is 5.40. The molecule has 1 heterocycles. The fraction of sp³-hybridized carbons (Fsp3) is 0.667. The zero-order valence-corrected chi connectivity index (χ0v) is 19.9. The van der Waals surface area contributed by atoms with Gasteiger partial charge in [0, 0.05) is 26.3 Å². The molecule has 1 fully saturated rings. The summed E-state index contributed by atoms with van der Waals surface area (Å²) in [5.41, 5.74) is 1.30. The number of rotatable bonds is 11. The SMILES string of the molecule is CCNC(=NCC(c1ccc(OC)cc1)N1CCCC1)NCCCOCC.I. The van der Waals surface area contributed by atoms with Gasteiger partial charge in [0.1, 0.15) is 5.75 Å². The highest BCUT2D eigenvalue weighted by atomic mass is 127. The highest BCUT2D eigenvalue weighted by Crippen LogP contribution is 2.27. The summed E-state index contributed by atoms with van der Waals surface area (Å²) in [6, 6.07) is 8.72. The Morgan fingerprint density at radius 1 is 1.14 bits per heavy atom. The molecule has 1 aliphatic rings. The van der Waals surface area contributed by atoms with Gasteiger partial charge in [-0.2, -0.15) is 0 Å². The molecule has 160 valence electrons. The van der Waals surface area contributed by atoms with Gasteiger partial charge in [0.2, 0.25) is 0 Å². The van der Waals surface area contributed by atoms with Crippen LogP contribution in [-0.4, -0.2) is 63.9 Å². The minimum absolute atomic E-state index is 0. The summed E-state index contributed by atoms with van der Waals surface area (Å²) in [6.45, 7) is 10.4. The number of halogens is 1. The van der Waals surface area contributed by atoms with Crippen molar-refractivity contribution in [1.29, 1.82) is 0 Å². The first-order chi connectivity index (χ1) is 13.3. The van der Waals surface area contributed by atoms with Crippen LogP contribution in [-0.2, 0) is 4.74 Å². The lowest BCUT2D eigenvalue weighted by molar-refractivity contribution is 0.145. The molecule has 0 saturated carbocycles. The number of nitrogens with zero attached hydrogens (tertiary/aromatic N) is 2. The van der Waals surface area contributed by atoms with Crippen LogP contribution in [0, 0.1) is 0 Å². The molecule has 0 aromatic heterocycles. The van der Waals surface area contributed by atoms with E-state index in [1.54, 1.807) is 7.11 Å². The number of benzene rings is 1. The van der Waals surface area contributed by atoms with Crippen molar-refractivity contribution in [2.75, 3.05) is 53.0 Å². The van der Waals surface area contributed by atoms with Crippen molar-refractivity contribution >= 4 is 29.9 Å². The predicted molar refractivity (Wildman–Crippen MR) is 127 cm³/mol. The second kappa shape index (κ2) is 14.9. The standard InChI is InChI=1S/C21H36N4O2.HI/c1-4-22-21(23-13-8-16-27-5-2)24-17-20(25-14-6-7-15-25)18-9-11-19(26-3)12-10-18;/h9-12,20H,4-8,13-17H2,1-3H3,(H2,22,23,24);1H. The van der Waals surface area contributed by atoms with Crippen molar-refractivity contribution in [3.63, 3.8) is 0 Å². The van der Waals surface area contributed by atoms with Crippen LogP contribution in [0.15, 0.2) is 29.3 Å². The summed E-state index contributed by atoms with van der Waals surface area (Å²) in [5.74, 6) is 1.78. The average Bonchev–Trinajstić information content (AvgIpc) is 3.23. The number of ether oxygens (including phenoxy) is 2. The van der Waals surface area contributed by atoms with E-state index in [0.717, 1.165) is 64.1 Å². The topological polar surface area (TPSA) is 58.1 Å². The zero-order valence-electron chi connectivity index (χ0n) is 17.6. The van der Waals surface area contributed by atoms with Gasteiger partial charge in [0.15, 0.2) is 5.96 Å². The van der Waals surface area contributed by atoms with Crippen molar-refractivity contribution in [2.45, 2.75) is 39.2 Å². The van der Waals surface area contributed by atoms with Crippen LogP contribution in [0.1, 0.15) is 44.7 Å². The lowest BCUT2D eigenvalue weighted by Crippen LogP contribution is -2.39. The van der Waals surface area contributed by atoms with Gasteiger partial charge in [-0.1, -0.05) is 12.1 Å². The van der Waals surface area contributed by atoms with Gasteiger partial charge in [-0.25, -0.2) is 0 Å². The Kier molecular flexibility index (Phi) is 13.3. The van der Waals surface area contributed by atoms with Crippen LogP contribution in [0.5, 0.6) is 5.75 Å². The monoisotopic (exact) mass is 504 g/mol. The Bertz CT molecular complexity index is 548. The van der Waals surface area contributed by atoms with Gasteiger partial charge in [-0.15, -0.1) is 24.0 Å². The van der Waals surface area contributed by atoms with E-state index in [1.807, 2.05) is 19.1 Å². The second-order valence-electron chi connectivity index (χ2n) is 6.73. The summed E-state index contributed by atoms with van der Waals surface area (Å²) < 4.78 is 10.7. The van der Waals surface area contributed by atoms with E-state index >= 15 is 0 Å². The lowest BCUT2D eigenvalue weighted by Gasteiger charge is -2.27. The maximum absolute atomic E-state index is 5.40. The number of hydrogen-bond acceptors (Lipinski definition) is 4. The van der Waals surface area contributed by atoms with Gasteiger partial charge >= 0.3 is 0 Å². The molecule has 1 atom stereocenters. The van der Waals surface area contributed by atoms with Gasteiger partial charge in [-0.3, -0.25) is 9.89 Å². The molecule has 2 rings (SSSR count). The Labute approximate surface area is 187 Å². The molecule has 0 amide bonds. The third-order valence-corrected chi connectivity index (χ3v) is 4.81. The Balaban J connectivity index is 0.00000392. The van der Waals surface area contributed by atoms with Crippen molar-refractivity contribution in [3.8, 4) is 5.75 Å². The van der Waals surface area contributed by atoms with Crippen LogP contribution >= 0.6 is 24.0 Å². The lowest BCUT2D eigenvalue weighted by atomic mass is 10.1. The summed E-state index contributed by atoms with van der Waals surface area (Å²) in [5, 5.41) is 6.76. The van der Waals surface area contributed by atoms with Crippen LogP contribution in [0.4, 0.5) is 0 Å². The van der Waals surface area contributed by atoms with Crippen LogP contribution in [0.3, 0.4) is 0 Å². The summed E-state index contributed by atoms with van der Waals surface area (Å²) in [4.78, 5) is 7.42.